The maximum absolute atomic E-state index is 10.8. The average Bonchev–Trinajstić information content (AvgIpc) is 1.65. The van der Waals surface area contributed by atoms with Crippen molar-refractivity contribution in [2.24, 2.45) is 5.73 Å². The summed E-state index contributed by atoms with van der Waals surface area (Å²) in [7, 11) is 0. The van der Waals surface area contributed by atoms with Crippen LogP contribution in [0.3, 0.4) is 0 Å². The molecule has 0 rings (SSSR count). The van der Waals surface area contributed by atoms with Crippen LogP contribution in [0.4, 0.5) is 4.53 Å². The van der Waals surface area contributed by atoms with Crippen LogP contribution in [0, 0.1) is 0 Å². The Morgan fingerprint density at radius 2 is 2.50 bits per heavy atom. The SMILES string of the molecule is CCC(N)OF. The average molecular weight is 93.1 g/mol. The molecule has 0 heterocycles. The van der Waals surface area contributed by atoms with E-state index >= 15 is 0 Å². The first-order valence-electron chi connectivity index (χ1n) is 1.84. The third-order valence-electron chi connectivity index (χ3n) is 0.517. The molecule has 0 aromatic rings. The van der Waals surface area contributed by atoms with E-state index in [0.29, 0.717) is 6.42 Å². The zero-order valence-electron chi connectivity index (χ0n) is 3.65. The molecule has 0 spiro atoms. The Balaban J connectivity index is 2.75. The molecule has 0 bridgehead atoms. The van der Waals surface area contributed by atoms with Crippen molar-refractivity contribution in [3.63, 3.8) is 0 Å². The molecule has 0 saturated heterocycles. The van der Waals surface area contributed by atoms with E-state index in [1.165, 1.54) is 0 Å². The predicted octanol–water partition coefficient (Wildman–Crippen LogP) is 0.582. The summed E-state index contributed by atoms with van der Waals surface area (Å²) in [5, 5.41) is 0. The minimum Gasteiger partial charge on any atom is -0.303 e. The molecular weight excluding hydrogens is 85.0 g/mol. The van der Waals surface area contributed by atoms with Crippen LogP contribution in [0.1, 0.15) is 13.3 Å². The highest BCUT2D eigenvalue weighted by Crippen LogP contribution is 1.85. The molecule has 3 heteroatoms. The van der Waals surface area contributed by atoms with Crippen LogP contribution in [0.15, 0.2) is 0 Å². The third-order valence-corrected chi connectivity index (χ3v) is 0.517. The van der Waals surface area contributed by atoms with E-state index in [1.54, 1.807) is 6.92 Å². The van der Waals surface area contributed by atoms with Gasteiger partial charge in [0.1, 0.15) is 6.23 Å². The fourth-order valence-electron chi connectivity index (χ4n) is 0.0630. The van der Waals surface area contributed by atoms with E-state index in [1.807, 2.05) is 0 Å². The lowest BCUT2D eigenvalue weighted by Crippen LogP contribution is -2.18. The Bertz CT molecular complexity index is 30.0. The number of hydrogen-bond donors (Lipinski definition) is 1. The minimum atomic E-state index is -0.731. The molecule has 0 aliphatic carbocycles. The van der Waals surface area contributed by atoms with Gasteiger partial charge >= 0.3 is 0 Å². The molecule has 0 fully saturated rings. The number of halogens is 1. The van der Waals surface area contributed by atoms with Gasteiger partial charge in [-0.1, -0.05) is 6.92 Å². The van der Waals surface area contributed by atoms with E-state index in [-0.39, 0.29) is 0 Å². The molecule has 2 N–H and O–H groups in total. The highest BCUT2D eigenvalue weighted by Gasteiger charge is 1.92. The van der Waals surface area contributed by atoms with Crippen LogP contribution in [-0.2, 0) is 4.94 Å². The fraction of sp³-hybridized carbons (Fsp3) is 1.00. The van der Waals surface area contributed by atoms with Gasteiger partial charge in [-0.05, 0) is 10.9 Å². The van der Waals surface area contributed by atoms with Crippen LogP contribution in [0.2, 0.25) is 0 Å². The van der Waals surface area contributed by atoms with Crippen molar-refractivity contribution >= 4 is 0 Å². The Hall–Kier alpha value is -0.150. The first kappa shape index (κ1) is 5.85. The Morgan fingerprint density at radius 3 is 2.50 bits per heavy atom. The van der Waals surface area contributed by atoms with Gasteiger partial charge in [0.2, 0.25) is 0 Å². The maximum Gasteiger partial charge on any atom is 0.146 e. The smallest absolute Gasteiger partial charge is 0.146 e. The van der Waals surface area contributed by atoms with Gasteiger partial charge in [0.05, 0.1) is 0 Å². The van der Waals surface area contributed by atoms with Gasteiger partial charge in [-0.25, -0.2) is 0 Å². The molecule has 1 unspecified atom stereocenters. The molecule has 0 aliphatic rings. The molecule has 0 saturated carbocycles. The van der Waals surface area contributed by atoms with E-state index in [9.17, 15) is 4.53 Å². The van der Waals surface area contributed by atoms with E-state index in [2.05, 4.69) is 4.94 Å². The standard InChI is InChI=1S/C3H8FNO/c1-2-3(5)6-4/h3H,2,5H2,1H3. The van der Waals surface area contributed by atoms with Gasteiger partial charge in [0, 0.05) is 0 Å². The lowest BCUT2D eigenvalue weighted by Gasteiger charge is -1.96. The fourth-order valence-corrected chi connectivity index (χ4v) is 0.0630. The normalized spacial score (nSPS) is 14.5. The van der Waals surface area contributed by atoms with Crippen molar-refractivity contribution < 1.29 is 9.47 Å². The summed E-state index contributed by atoms with van der Waals surface area (Å²) in [6.45, 7) is 1.74. The molecule has 0 aromatic carbocycles. The van der Waals surface area contributed by atoms with Crippen LogP contribution >= 0.6 is 0 Å². The Kier molecular flexibility index (Phi) is 2.98. The highest BCUT2D eigenvalue weighted by molar-refractivity contribution is 4.33. The van der Waals surface area contributed by atoms with E-state index < -0.39 is 6.23 Å². The second-order valence-electron chi connectivity index (χ2n) is 1.04. The molecule has 2 nitrogen and oxygen atoms in total. The van der Waals surface area contributed by atoms with E-state index in [4.69, 9.17) is 5.73 Å². The Labute approximate surface area is 36.0 Å². The van der Waals surface area contributed by atoms with Crippen LogP contribution in [0.25, 0.3) is 0 Å². The predicted molar refractivity (Wildman–Crippen MR) is 20.5 cm³/mol. The summed E-state index contributed by atoms with van der Waals surface area (Å²) in [6.07, 6.45) is -0.221. The molecule has 38 valence electrons. The Morgan fingerprint density at radius 1 is 2.00 bits per heavy atom. The summed E-state index contributed by atoms with van der Waals surface area (Å²) in [5.41, 5.74) is 4.88. The topological polar surface area (TPSA) is 35.2 Å². The minimum absolute atomic E-state index is 0.510. The van der Waals surface area contributed by atoms with Crippen molar-refractivity contribution in [1.29, 1.82) is 0 Å². The van der Waals surface area contributed by atoms with E-state index in [0.717, 1.165) is 0 Å². The number of nitrogens with two attached hydrogens (primary N) is 1. The van der Waals surface area contributed by atoms with Gasteiger partial charge in [-0.3, -0.25) is 0 Å². The van der Waals surface area contributed by atoms with Crippen LogP contribution in [0.5, 0.6) is 0 Å². The van der Waals surface area contributed by atoms with Gasteiger partial charge in [-0.2, -0.15) is 4.94 Å². The van der Waals surface area contributed by atoms with Gasteiger partial charge < -0.3 is 5.73 Å². The monoisotopic (exact) mass is 93.1 g/mol. The maximum atomic E-state index is 10.8. The first-order chi connectivity index (χ1) is 2.81. The summed E-state index contributed by atoms with van der Waals surface area (Å²) in [4.78, 5) is 3.18. The number of hydrogen-bond acceptors (Lipinski definition) is 2. The second kappa shape index (κ2) is 3.06. The van der Waals surface area contributed by atoms with Crippen molar-refractivity contribution in [3.8, 4) is 0 Å². The van der Waals surface area contributed by atoms with Crippen LogP contribution in [-0.4, -0.2) is 6.23 Å². The first-order valence-corrected chi connectivity index (χ1v) is 1.84. The molecule has 0 radical (unpaired) electrons. The largest absolute Gasteiger partial charge is 0.303 e. The highest BCUT2D eigenvalue weighted by atomic mass is 19.3. The van der Waals surface area contributed by atoms with Gasteiger partial charge in [-0.15, -0.1) is 0 Å². The molecule has 0 aromatic heterocycles. The molecule has 1 atom stereocenters. The summed E-state index contributed by atoms with van der Waals surface area (Å²) in [6, 6.07) is 0. The quantitative estimate of drug-likeness (QED) is 0.507. The van der Waals surface area contributed by atoms with Crippen molar-refractivity contribution in [2.45, 2.75) is 19.6 Å². The lowest BCUT2D eigenvalue weighted by atomic mass is 10.5. The molecule has 0 amide bonds. The van der Waals surface area contributed by atoms with Gasteiger partial charge in [0.25, 0.3) is 0 Å². The number of rotatable bonds is 2. The third kappa shape index (κ3) is 2.11. The van der Waals surface area contributed by atoms with Gasteiger partial charge in [0.15, 0.2) is 0 Å². The summed E-state index contributed by atoms with van der Waals surface area (Å²) in [5.74, 6) is 0. The molecular formula is C3H8FNO. The summed E-state index contributed by atoms with van der Waals surface area (Å²) >= 11 is 0. The van der Waals surface area contributed by atoms with Crippen molar-refractivity contribution in [1.82, 2.24) is 0 Å². The lowest BCUT2D eigenvalue weighted by molar-refractivity contribution is -0.177. The zero-order chi connectivity index (χ0) is 4.99. The second-order valence-corrected chi connectivity index (χ2v) is 1.04. The van der Waals surface area contributed by atoms with Crippen molar-refractivity contribution in [3.05, 3.63) is 0 Å². The molecule has 6 heavy (non-hydrogen) atoms. The molecule has 0 aliphatic heterocycles. The van der Waals surface area contributed by atoms with Crippen LogP contribution < -0.4 is 5.73 Å². The zero-order valence-corrected chi connectivity index (χ0v) is 3.65. The summed E-state index contributed by atoms with van der Waals surface area (Å²) < 4.78 is 10.8. The van der Waals surface area contributed by atoms with Crippen molar-refractivity contribution in [2.75, 3.05) is 0 Å².